The van der Waals surface area contributed by atoms with E-state index in [0.29, 0.717) is 12.0 Å². The lowest BCUT2D eigenvalue weighted by molar-refractivity contribution is 0.275. The van der Waals surface area contributed by atoms with Gasteiger partial charge in [-0.1, -0.05) is 121 Å². The molecule has 2 rings (SSSR count). The molecule has 0 radical (unpaired) electrons. The molecule has 2 aromatic rings. The first-order chi connectivity index (χ1) is 14.8. The smallest absolute Gasteiger partial charge is 0.0948 e. The fraction of sp³-hybridized carbons (Fsp3) is 0.679. The Labute approximate surface area is 186 Å². The number of unbranched alkanes of at least 4 members (excludes halogenated alkanes) is 10. The predicted octanol–water partition coefficient (Wildman–Crippen LogP) is 8.78. The Hall–Kier alpha value is -1.57. The molecule has 0 aliphatic heterocycles. The normalized spacial score (nSPS) is 13.4. The summed E-state index contributed by atoms with van der Waals surface area (Å²) in [5, 5.41) is 0. The van der Waals surface area contributed by atoms with Crippen LogP contribution in [0.3, 0.4) is 0 Å². The molecule has 0 fully saturated rings. The van der Waals surface area contributed by atoms with Gasteiger partial charge in [0.2, 0.25) is 0 Å². The van der Waals surface area contributed by atoms with E-state index in [9.17, 15) is 0 Å². The van der Waals surface area contributed by atoms with Crippen LogP contribution in [0, 0.1) is 5.92 Å². The van der Waals surface area contributed by atoms with Crippen molar-refractivity contribution in [3.05, 3.63) is 54.6 Å². The lowest BCUT2D eigenvalue weighted by Crippen LogP contribution is -2.21. The van der Waals surface area contributed by atoms with Crippen LogP contribution in [-0.2, 0) is 6.42 Å². The van der Waals surface area contributed by atoms with Crippen LogP contribution in [0.2, 0.25) is 0 Å². The molecule has 30 heavy (non-hydrogen) atoms. The van der Waals surface area contributed by atoms with Crippen LogP contribution >= 0.6 is 0 Å². The molecular formula is C28H46N2. The molecule has 1 aromatic heterocycles. The van der Waals surface area contributed by atoms with Gasteiger partial charge in [-0.15, -0.1) is 0 Å². The van der Waals surface area contributed by atoms with Crippen LogP contribution in [0.1, 0.15) is 115 Å². The number of aromatic nitrogens is 2. The minimum atomic E-state index is 0.578. The van der Waals surface area contributed by atoms with Crippen LogP contribution in [0.5, 0.6) is 0 Å². The molecule has 2 unspecified atom stereocenters. The summed E-state index contributed by atoms with van der Waals surface area (Å²) >= 11 is 0. The molecule has 2 nitrogen and oxygen atoms in total. The highest BCUT2D eigenvalue weighted by Crippen LogP contribution is 2.32. The van der Waals surface area contributed by atoms with Gasteiger partial charge in [0.1, 0.15) is 0 Å². The van der Waals surface area contributed by atoms with Crippen LogP contribution in [0.15, 0.2) is 49.1 Å². The van der Waals surface area contributed by atoms with Crippen molar-refractivity contribution in [1.82, 2.24) is 9.55 Å². The van der Waals surface area contributed by atoms with Crippen LogP contribution in [0.4, 0.5) is 0 Å². The lowest BCUT2D eigenvalue weighted by Gasteiger charge is -2.29. The van der Waals surface area contributed by atoms with E-state index in [1.165, 1.54) is 102 Å². The fourth-order valence-electron chi connectivity index (χ4n) is 4.76. The third kappa shape index (κ3) is 9.96. The molecule has 0 spiro atoms. The molecule has 0 amide bonds. The number of nitrogens with zero attached hydrogens (tertiary/aromatic N) is 2. The summed E-state index contributed by atoms with van der Waals surface area (Å²) in [5.74, 6) is 0.698. The van der Waals surface area contributed by atoms with E-state index < -0.39 is 0 Å². The summed E-state index contributed by atoms with van der Waals surface area (Å²) in [6, 6.07) is 11.7. The number of benzene rings is 1. The zero-order valence-electron chi connectivity index (χ0n) is 19.8. The molecule has 0 saturated heterocycles. The molecule has 0 saturated carbocycles. The molecule has 1 aromatic carbocycles. The Kier molecular flexibility index (Phi) is 13.3. The van der Waals surface area contributed by atoms with Gasteiger partial charge in [0.05, 0.1) is 6.33 Å². The van der Waals surface area contributed by atoms with E-state index in [1.54, 1.807) is 0 Å². The Morgan fingerprint density at radius 2 is 1.33 bits per heavy atom. The van der Waals surface area contributed by atoms with Crippen molar-refractivity contribution in [1.29, 1.82) is 0 Å². The molecule has 0 N–H and O–H groups in total. The average molecular weight is 411 g/mol. The van der Waals surface area contributed by atoms with Gasteiger partial charge in [0.25, 0.3) is 0 Å². The zero-order valence-corrected chi connectivity index (χ0v) is 19.8. The maximum atomic E-state index is 4.39. The highest BCUT2D eigenvalue weighted by atomic mass is 15.1. The first-order valence-corrected chi connectivity index (χ1v) is 12.9. The SMILES string of the molecule is CCCCCCCCCC(Cc1ccccc1)C(CCCCCCC)n1ccnc1. The van der Waals surface area contributed by atoms with E-state index in [2.05, 4.69) is 66.3 Å². The fourth-order valence-corrected chi connectivity index (χ4v) is 4.76. The number of rotatable bonds is 18. The predicted molar refractivity (Wildman–Crippen MR) is 131 cm³/mol. The second-order valence-electron chi connectivity index (χ2n) is 9.14. The van der Waals surface area contributed by atoms with Gasteiger partial charge in [0, 0.05) is 18.4 Å². The molecule has 0 bridgehead atoms. The van der Waals surface area contributed by atoms with Gasteiger partial charge in [-0.25, -0.2) is 4.98 Å². The quantitative estimate of drug-likeness (QED) is 0.224. The van der Waals surface area contributed by atoms with Gasteiger partial charge in [-0.3, -0.25) is 0 Å². The Balaban J connectivity index is 1.96. The van der Waals surface area contributed by atoms with Crippen molar-refractivity contribution >= 4 is 0 Å². The van der Waals surface area contributed by atoms with Gasteiger partial charge in [-0.05, 0) is 30.7 Å². The van der Waals surface area contributed by atoms with E-state index in [0.717, 1.165) is 0 Å². The largest absolute Gasteiger partial charge is 0.334 e. The summed E-state index contributed by atoms with van der Waals surface area (Å²) in [6.07, 6.45) is 26.5. The number of imidazole rings is 1. The van der Waals surface area contributed by atoms with Gasteiger partial charge < -0.3 is 4.57 Å². The van der Waals surface area contributed by atoms with E-state index in [-0.39, 0.29) is 0 Å². The van der Waals surface area contributed by atoms with Gasteiger partial charge in [0.15, 0.2) is 0 Å². The maximum Gasteiger partial charge on any atom is 0.0948 e. The Morgan fingerprint density at radius 1 is 0.733 bits per heavy atom. The van der Waals surface area contributed by atoms with E-state index in [1.807, 2.05) is 6.20 Å². The number of hydrogen-bond acceptors (Lipinski definition) is 1. The minimum absolute atomic E-state index is 0.578. The highest BCUT2D eigenvalue weighted by Gasteiger charge is 2.22. The van der Waals surface area contributed by atoms with Crippen molar-refractivity contribution < 1.29 is 0 Å². The molecule has 0 aliphatic carbocycles. The van der Waals surface area contributed by atoms with Crippen molar-refractivity contribution in [2.75, 3.05) is 0 Å². The standard InChI is InChI=1S/C28H46N2/c1-3-5-7-9-10-12-16-20-27(24-26-18-14-13-15-19-26)28(30-23-22-29-25-30)21-17-11-8-6-4-2/h13-15,18-19,22-23,25,27-28H,3-12,16-17,20-21,24H2,1-2H3. The van der Waals surface area contributed by atoms with Gasteiger partial charge >= 0.3 is 0 Å². The molecule has 0 aliphatic rings. The van der Waals surface area contributed by atoms with E-state index in [4.69, 9.17) is 0 Å². The average Bonchev–Trinajstić information content (AvgIpc) is 3.30. The summed E-state index contributed by atoms with van der Waals surface area (Å²) < 4.78 is 2.41. The molecule has 1 heterocycles. The van der Waals surface area contributed by atoms with Crippen molar-refractivity contribution in [3.8, 4) is 0 Å². The van der Waals surface area contributed by atoms with Crippen LogP contribution in [-0.4, -0.2) is 9.55 Å². The summed E-state index contributed by atoms with van der Waals surface area (Å²) in [6.45, 7) is 4.60. The van der Waals surface area contributed by atoms with Crippen molar-refractivity contribution in [2.24, 2.45) is 5.92 Å². The summed E-state index contributed by atoms with van der Waals surface area (Å²) in [7, 11) is 0. The molecule has 168 valence electrons. The Morgan fingerprint density at radius 3 is 1.93 bits per heavy atom. The highest BCUT2D eigenvalue weighted by molar-refractivity contribution is 5.15. The molecule has 2 heteroatoms. The van der Waals surface area contributed by atoms with Crippen LogP contribution in [0.25, 0.3) is 0 Å². The third-order valence-electron chi connectivity index (χ3n) is 6.57. The second kappa shape index (κ2) is 16.2. The lowest BCUT2D eigenvalue weighted by atomic mass is 9.84. The van der Waals surface area contributed by atoms with Crippen molar-refractivity contribution in [3.63, 3.8) is 0 Å². The zero-order chi connectivity index (χ0) is 21.3. The molecule has 2 atom stereocenters. The summed E-state index contributed by atoms with van der Waals surface area (Å²) in [4.78, 5) is 4.39. The number of hydrogen-bond donors (Lipinski definition) is 0. The third-order valence-corrected chi connectivity index (χ3v) is 6.57. The second-order valence-corrected chi connectivity index (χ2v) is 9.14. The first-order valence-electron chi connectivity index (χ1n) is 12.9. The first kappa shape index (κ1) is 24.7. The summed E-state index contributed by atoms with van der Waals surface area (Å²) in [5.41, 5.74) is 1.49. The minimum Gasteiger partial charge on any atom is -0.334 e. The monoisotopic (exact) mass is 410 g/mol. The van der Waals surface area contributed by atoms with Gasteiger partial charge in [-0.2, -0.15) is 0 Å². The Bertz CT molecular complexity index is 605. The van der Waals surface area contributed by atoms with E-state index >= 15 is 0 Å². The molecular weight excluding hydrogens is 364 g/mol. The topological polar surface area (TPSA) is 17.8 Å². The maximum absolute atomic E-state index is 4.39. The van der Waals surface area contributed by atoms with Crippen molar-refractivity contribution in [2.45, 2.75) is 116 Å². The van der Waals surface area contributed by atoms with Crippen LogP contribution < -0.4 is 0 Å².